The van der Waals surface area contributed by atoms with E-state index in [4.69, 9.17) is 9.47 Å². The molecule has 47 heavy (non-hydrogen) atoms. The van der Waals surface area contributed by atoms with Crippen molar-refractivity contribution in [3.63, 3.8) is 0 Å². The lowest BCUT2D eigenvalue weighted by Crippen LogP contribution is -2.54. The minimum absolute atomic E-state index is 0.0115. The molecule has 2 atom stereocenters. The maximum atomic E-state index is 14.6. The molecule has 0 aliphatic heterocycles. The van der Waals surface area contributed by atoms with Crippen LogP contribution in [-0.4, -0.2) is 58.0 Å². The standard InChI is InChI=1S/C36H40BrN3O6S/c1-5-26(2)38-36(42)32(22-27-12-8-6-9-13-27)39(24-28-16-18-29(37)19-17-28)35(41)25-40(47(43,44)31-14-10-7-11-15-31)30-20-21-33(45-3)34(23-30)46-4/h6-21,23,26,32H,5,22,24-25H2,1-4H3,(H,38,42). The number of carbonyl (C=O) groups is 2. The van der Waals surface area contributed by atoms with Crippen molar-refractivity contribution >= 4 is 43.5 Å². The summed E-state index contributed by atoms with van der Waals surface area (Å²) in [5.74, 6) is -0.173. The van der Waals surface area contributed by atoms with Gasteiger partial charge in [0.1, 0.15) is 12.6 Å². The van der Waals surface area contributed by atoms with Gasteiger partial charge >= 0.3 is 0 Å². The topological polar surface area (TPSA) is 105 Å². The summed E-state index contributed by atoms with van der Waals surface area (Å²) in [5.41, 5.74) is 1.84. The van der Waals surface area contributed by atoms with Crippen LogP contribution in [0, 0.1) is 0 Å². The summed E-state index contributed by atoms with van der Waals surface area (Å²) in [6.45, 7) is 3.37. The lowest BCUT2D eigenvalue weighted by Gasteiger charge is -2.34. The molecule has 0 aromatic heterocycles. The molecule has 4 aromatic carbocycles. The average Bonchev–Trinajstić information content (AvgIpc) is 3.09. The summed E-state index contributed by atoms with van der Waals surface area (Å²) >= 11 is 3.46. The number of methoxy groups -OCH3 is 2. The summed E-state index contributed by atoms with van der Waals surface area (Å²) in [6.07, 6.45) is 0.931. The van der Waals surface area contributed by atoms with Gasteiger partial charge < -0.3 is 19.7 Å². The highest BCUT2D eigenvalue weighted by molar-refractivity contribution is 9.10. The number of nitrogens with zero attached hydrogens (tertiary/aromatic N) is 2. The molecule has 0 fully saturated rings. The first-order valence-electron chi connectivity index (χ1n) is 15.2. The molecule has 0 saturated carbocycles. The Bertz CT molecular complexity index is 1740. The van der Waals surface area contributed by atoms with Crippen molar-refractivity contribution in [1.82, 2.24) is 10.2 Å². The summed E-state index contributed by atoms with van der Waals surface area (Å²) in [4.78, 5) is 30.1. The summed E-state index contributed by atoms with van der Waals surface area (Å²) in [5, 5.41) is 3.05. The number of rotatable bonds is 15. The van der Waals surface area contributed by atoms with Crippen LogP contribution in [0.5, 0.6) is 11.5 Å². The Morgan fingerprint density at radius 3 is 2.04 bits per heavy atom. The van der Waals surface area contributed by atoms with Gasteiger partial charge in [-0.05, 0) is 60.9 Å². The Balaban J connectivity index is 1.83. The van der Waals surface area contributed by atoms with E-state index < -0.39 is 28.5 Å². The smallest absolute Gasteiger partial charge is 0.264 e. The number of halogens is 1. The summed E-state index contributed by atoms with van der Waals surface area (Å²) in [6, 6.07) is 28.4. The monoisotopic (exact) mass is 721 g/mol. The van der Waals surface area contributed by atoms with Gasteiger partial charge in [0.2, 0.25) is 11.8 Å². The normalized spacial score (nSPS) is 12.4. The van der Waals surface area contributed by atoms with Crippen molar-refractivity contribution in [2.75, 3.05) is 25.1 Å². The van der Waals surface area contributed by atoms with E-state index >= 15 is 0 Å². The first-order chi connectivity index (χ1) is 22.6. The van der Waals surface area contributed by atoms with E-state index in [1.165, 1.54) is 37.3 Å². The molecule has 11 heteroatoms. The second-order valence-corrected chi connectivity index (χ2v) is 13.8. The number of hydrogen-bond donors (Lipinski definition) is 1. The maximum absolute atomic E-state index is 14.6. The lowest BCUT2D eigenvalue weighted by molar-refractivity contribution is -0.140. The Morgan fingerprint density at radius 1 is 0.830 bits per heavy atom. The fourth-order valence-electron chi connectivity index (χ4n) is 5.01. The number of ether oxygens (including phenoxy) is 2. The SMILES string of the molecule is CCC(C)NC(=O)C(Cc1ccccc1)N(Cc1ccc(Br)cc1)C(=O)CN(c1ccc(OC)c(OC)c1)S(=O)(=O)c1ccccc1. The zero-order valence-electron chi connectivity index (χ0n) is 26.9. The van der Waals surface area contributed by atoms with E-state index in [1.54, 1.807) is 30.3 Å². The molecule has 9 nitrogen and oxygen atoms in total. The van der Waals surface area contributed by atoms with Crippen LogP contribution in [0.15, 0.2) is 112 Å². The fourth-order valence-corrected chi connectivity index (χ4v) is 6.70. The molecule has 0 bridgehead atoms. The van der Waals surface area contributed by atoms with E-state index in [-0.39, 0.29) is 35.5 Å². The number of nitrogens with one attached hydrogen (secondary N) is 1. The second-order valence-electron chi connectivity index (χ2n) is 11.0. The van der Waals surface area contributed by atoms with Crippen LogP contribution in [0.1, 0.15) is 31.4 Å². The van der Waals surface area contributed by atoms with Gasteiger partial charge in [0.15, 0.2) is 11.5 Å². The van der Waals surface area contributed by atoms with Gasteiger partial charge in [0, 0.05) is 29.5 Å². The van der Waals surface area contributed by atoms with Crippen LogP contribution in [0.2, 0.25) is 0 Å². The molecule has 4 aromatic rings. The first kappa shape index (κ1) is 35.5. The van der Waals surface area contributed by atoms with Crippen LogP contribution < -0.4 is 19.1 Å². The van der Waals surface area contributed by atoms with E-state index in [9.17, 15) is 18.0 Å². The third-order valence-electron chi connectivity index (χ3n) is 7.80. The average molecular weight is 723 g/mol. The third-order valence-corrected chi connectivity index (χ3v) is 10.1. The predicted molar refractivity (Wildman–Crippen MR) is 187 cm³/mol. The molecule has 1 N–H and O–H groups in total. The largest absolute Gasteiger partial charge is 0.493 e. The summed E-state index contributed by atoms with van der Waals surface area (Å²) < 4.78 is 41.2. The van der Waals surface area contributed by atoms with Gasteiger partial charge in [-0.3, -0.25) is 13.9 Å². The summed E-state index contributed by atoms with van der Waals surface area (Å²) in [7, 11) is -1.32. The minimum Gasteiger partial charge on any atom is -0.493 e. The Labute approximate surface area is 285 Å². The van der Waals surface area contributed by atoms with Crippen LogP contribution in [0.25, 0.3) is 0 Å². The first-order valence-corrected chi connectivity index (χ1v) is 17.5. The van der Waals surface area contributed by atoms with E-state index in [1.807, 2.05) is 68.4 Å². The molecule has 2 amide bonds. The second kappa shape index (κ2) is 16.5. The van der Waals surface area contributed by atoms with E-state index in [0.29, 0.717) is 17.9 Å². The van der Waals surface area contributed by atoms with Crippen molar-refractivity contribution < 1.29 is 27.5 Å². The van der Waals surface area contributed by atoms with Crippen molar-refractivity contribution in [1.29, 1.82) is 0 Å². The molecule has 0 heterocycles. The maximum Gasteiger partial charge on any atom is 0.264 e. The van der Waals surface area contributed by atoms with Crippen LogP contribution in [0.4, 0.5) is 5.69 Å². The van der Waals surface area contributed by atoms with Crippen molar-refractivity contribution in [2.45, 2.75) is 50.2 Å². The number of sulfonamides is 1. The van der Waals surface area contributed by atoms with Crippen LogP contribution in [0.3, 0.4) is 0 Å². The zero-order valence-corrected chi connectivity index (χ0v) is 29.3. The molecule has 248 valence electrons. The van der Waals surface area contributed by atoms with Gasteiger partial charge in [-0.2, -0.15) is 0 Å². The quantitative estimate of drug-likeness (QED) is 0.156. The molecular formula is C36H40BrN3O6S. The molecule has 0 spiro atoms. The number of amides is 2. The van der Waals surface area contributed by atoms with E-state index in [2.05, 4.69) is 21.2 Å². The number of carbonyl (C=O) groups excluding carboxylic acids is 2. The van der Waals surface area contributed by atoms with Gasteiger partial charge in [-0.25, -0.2) is 8.42 Å². The van der Waals surface area contributed by atoms with Crippen LogP contribution >= 0.6 is 15.9 Å². The number of hydrogen-bond acceptors (Lipinski definition) is 6. The number of benzene rings is 4. The minimum atomic E-state index is -4.25. The Morgan fingerprint density at radius 2 is 1.45 bits per heavy atom. The molecule has 0 aliphatic carbocycles. The predicted octanol–water partition coefficient (Wildman–Crippen LogP) is 6.22. The highest BCUT2D eigenvalue weighted by Crippen LogP contribution is 2.34. The van der Waals surface area contributed by atoms with Crippen molar-refractivity contribution in [3.8, 4) is 11.5 Å². The zero-order chi connectivity index (χ0) is 34.0. The van der Waals surface area contributed by atoms with Crippen molar-refractivity contribution in [3.05, 3.63) is 119 Å². The van der Waals surface area contributed by atoms with Crippen LogP contribution in [-0.2, 0) is 32.6 Å². The molecule has 4 rings (SSSR count). The van der Waals surface area contributed by atoms with Gasteiger partial charge in [-0.1, -0.05) is 83.5 Å². The molecule has 0 aliphatic rings. The molecule has 2 unspecified atom stereocenters. The molecule has 0 saturated heterocycles. The highest BCUT2D eigenvalue weighted by Gasteiger charge is 2.35. The molecular weight excluding hydrogens is 682 g/mol. The van der Waals surface area contributed by atoms with Gasteiger partial charge in [-0.15, -0.1) is 0 Å². The lowest BCUT2D eigenvalue weighted by atomic mass is 10.0. The molecule has 0 radical (unpaired) electrons. The Hall–Kier alpha value is -4.35. The number of anilines is 1. The van der Waals surface area contributed by atoms with Gasteiger partial charge in [0.25, 0.3) is 10.0 Å². The Kier molecular flexibility index (Phi) is 12.4. The van der Waals surface area contributed by atoms with Gasteiger partial charge in [0.05, 0.1) is 24.8 Å². The van der Waals surface area contributed by atoms with Crippen molar-refractivity contribution in [2.24, 2.45) is 0 Å². The highest BCUT2D eigenvalue weighted by atomic mass is 79.9. The van der Waals surface area contributed by atoms with E-state index in [0.717, 1.165) is 19.9 Å². The fraction of sp³-hybridized carbons (Fsp3) is 0.278. The third kappa shape index (κ3) is 9.14.